The Morgan fingerprint density at radius 3 is 2.19 bits per heavy atom. The summed E-state index contributed by atoms with van der Waals surface area (Å²) < 4.78 is 5.80. The molecule has 0 saturated carbocycles. The fraction of sp³-hybridized carbons (Fsp3) is 0.706. The second-order valence-corrected chi connectivity index (χ2v) is 7.34. The lowest BCUT2D eigenvalue weighted by Crippen LogP contribution is -2.26. The van der Waals surface area contributed by atoms with Gasteiger partial charge in [-0.15, -0.1) is 0 Å². The summed E-state index contributed by atoms with van der Waals surface area (Å²) in [6.07, 6.45) is 0. The molecule has 0 atom stereocenters. The van der Waals surface area contributed by atoms with Crippen molar-refractivity contribution in [1.82, 2.24) is 4.98 Å². The van der Waals surface area contributed by atoms with Gasteiger partial charge in [0.2, 0.25) is 5.88 Å². The van der Waals surface area contributed by atoms with E-state index in [2.05, 4.69) is 38.0 Å². The van der Waals surface area contributed by atoms with Gasteiger partial charge in [0.15, 0.2) is 0 Å². The molecule has 0 bridgehead atoms. The number of nitrogens with zero attached hydrogens (tertiary/aromatic N) is 1. The molecule has 1 heterocycles. The van der Waals surface area contributed by atoms with Gasteiger partial charge in [0.25, 0.3) is 0 Å². The molecule has 0 amide bonds. The molecule has 0 aliphatic heterocycles. The summed E-state index contributed by atoms with van der Waals surface area (Å²) in [5.74, 6) is 3.19. The molecule has 0 unspecified atom stereocenters. The zero-order valence-electron chi connectivity index (χ0n) is 14.5. The molecular weight excluding hydrogens is 262 g/mol. The second-order valence-electron chi connectivity index (χ2n) is 7.34. The molecule has 1 aromatic heterocycles. The highest BCUT2D eigenvalue weighted by Crippen LogP contribution is 2.26. The number of aromatic nitrogens is 1. The fourth-order valence-corrected chi connectivity index (χ4v) is 2.39. The molecule has 3 N–H and O–H groups in total. The Labute approximate surface area is 129 Å². The van der Waals surface area contributed by atoms with Gasteiger partial charge in [0.1, 0.15) is 11.4 Å². The third-order valence-electron chi connectivity index (χ3n) is 3.52. The number of hydrogen-bond donors (Lipinski definition) is 2. The van der Waals surface area contributed by atoms with Gasteiger partial charge in [-0.1, -0.05) is 27.7 Å². The van der Waals surface area contributed by atoms with Gasteiger partial charge in [-0.3, -0.25) is 0 Å². The number of rotatable bonds is 6. The van der Waals surface area contributed by atoms with E-state index in [0.717, 1.165) is 12.4 Å². The lowest BCUT2D eigenvalue weighted by molar-refractivity contribution is 0.125. The number of nitrogens with two attached hydrogens (primary N) is 1. The Morgan fingerprint density at radius 1 is 1.14 bits per heavy atom. The van der Waals surface area contributed by atoms with Gasteiger partial charge < -0.3 is 15.8 Å². The van der Waals surface area contributed by atoms with Crippen LogP contribution in [0.15, 0.2) is 12.1 Å². The van der Waals surface area contributed by atoms with E-state index in [1.54, 1.807) is 0 Å². The first-order chi connectivity index (χ1) is 9.60. The summed E-state index contributed by atoms with van der Waals surface area (Å²) in [5, 5.41) is 3.41. The molecule has 0 fully saturated rings. The minimum Gasteiger partial charge on any atom is -0.470 e. The molecule has 4 nitrogen and oxygen atoms in total. The Bertz CT molecular complexity index is 442. The van der Waals surface area contributed by atoms with Crippen molar-refractivity contribution in [3.05, 3.63) is 12.1 Å². The van der Waals surface area contributed by atoms with Crippen molar-refractivity contribution < 1.29 is 4.74 Å². The van der Waals surface area contributed by atoms with Crippen LogP contribution in [0.1, 0.15) is 48.5 Å². The van der Waals surface area contributed by atoms with E-state index in [0.29, 0.717) is 29.3 Å². The van der Waals surface area contributed by atoms with E-state index in [-0.39, 0.29) is 5.60 Å². The zero-order valence-corrected chi connectivity index (χ0v) is 14.5. The van der Waals surface area contributed by atoms with Crippen LogP contribution in [0.3, 0.4) is 0 Å². The maximum Gasteiger partial charge on any atom is 0.239 e. The Balaban J connectivity index is 2.78. The normalized spacial score (nSPS) is 12.3. The van der Waals surface area contributed by atoms with Gasteiger partial charge in [-0.25, -0.2) is 0 Å². The first kappa shape index (κ1) is 17.6. The SMILES string of the molecule is CC(C)C(CNc1ccc(N)c(OC(C)(C)C)n1)C(C)C. The molecule has 1 aromatic rings. The van der Waals surface area contributed by atoms with E-state index >= 15 is 0 Å². The summed E-state index contributed by atoms with van der Waals surface area (Å²) in [6.45, 7) is 15.9. The molecular formula is C17H31N3O. The van der Waals surface area contributed by atoms with Crippen LogP contribution in [0.5, 0.6) is 5.88 Å². The highest BCUT2D eigenvalue weighted by Gasteiger charge is 2.18. The van der Waals surface area contributed by atoms with Crippen LogP contribution in [0.2, 0.25) is 0 Å². The van der Waals surface area contributed by atoms with E-state index in [1.165, 1.54) is 0 Å². The molecule has 120 valence electrons. The van der Waals surface area contributed by atoms with Crippen molar-refractivity contribution in [3.8, 4) is 5.88 Å². The monoisotopic (exact) mass is 293 g/mol. The van der Waals surface area contributed by atoms with E-state index < -0.39 is 0 Å². The number of hydrogen-bond acceptors (Lipinski definition) is 4. The third-order valence-corrected chi connectivity index (χ3v) is 3.52. The summed E-state index contributed by atoms with van der Waals surface area (Å²) in [5.41, 5.74) is 6.20. The first-order valence-electron chi connectivity index (χ1n) is 7.79. The molecule has 0 spiro atoms. The molecule has 0 saturated heterocycles. The van der Waals surface area contributed by atoms with Gasteiger partial charge in [0.05, 0.1) is 5.69 Å². The molecule has 21 heavy (non-hydrogen) atoms. The highest BCUT2D eigenvalue weighted by atomic mass is 16.5. The Morgan fingerprint density at radius 2 is 1.71 bits per heavy atom. The summed E-state index contributed by atoms with van der Waals surface area (Å²) in [4.78, 5) is 4.49. The van der Waals surface area contributed by atoms with Gasteiger partial charge in [-0.2, -0.15) is 4.98 Å². The Kier molecular flexibility index (Phi) is 5.87. The minimum atomic E-state index is -0.307. The van der Waals surface area contributed by atoms with Crippen LogP contribution < -0.4 is 15.8 Å². The average molecular weight is 293 g/mol. The fourth-order valence-electron chi connectivity index (χ4n) is 2.39. The van der Waals surface area contributed by atoms with Crippen molar-refractivity contribution in [2.24, 2.45) is 17.8 Å². The molecule has 1 rings (SSSR count). The molecule has 0 aromatic carbocycles. The average Bonchev–Trinajstić information content (AvgIpc) is 2.30. The van der Waals surface area contributed by atoms with E-state index in [1.807, 2.05) is 32.9 Å². The van der Waals surface area contributed by atoms with Crippen molar-refractivity contribution in [2.45, 2.75) is 54.1 Å². The van der Waals surface area contributed by atoms with Crippen molar-refractivity contribution >= 4 is 11.5 Å². The van der Waals surface area contributed by atoms with Crippen LogP contribution in [-0.2, 0) is 0 Å². The van der Waals surface area contributed by atoms with Crippen LogP contribution in [0.25, 0.3) is 0 Å². The first-order valence-corrected chi connectivity index (χ1v) is 7.79. The maximum absolute atomic E-state index is 5.93. The van der Waals surface area contributed by atoms with Gasteiger partial charge in [-0.05, 0) is 50.7 Å². The number of pyridine rings is 1. The summed E-state index contributed by atoms with van der Waals surface area (Å²) in [6, 6.07) is 3.75. The zero-order chi connectivity index (χ0) is 16.2. The lowest BCUT2D eigenvalue weighted by Gasteiger charge is -2.26. The highest BCUT2D eigenvalue weighted by molar-refractivity contribution is 5.53. The second kappa shape index (κ2) is 7.01. The van der Waals surface area contributed by atoms with Gasteiger partial charge in [0, 0.05) is 6.54 Å². The van der Waals surface area contributed by atoms with Crippen LogP contribution >= 0.6 is 0 Å². The van der Waals surface area contributed by atoms with Crippen LogP contribution in [-0.4, -0.2) is 17.1 Å². The standard InChI is InChI=1S/C17H31N3O/c1-11(2)13(12(3)4)10-19-15-9-8-14(18)16(20-15)21-17(5,6)7/h8-9,11-13H,10,18H2,1-7H3,(H,19,20). The van der Waals surface area contributed by atoms with Crippen molar-refractivity contribution in [2.75, 3.05) is 17.6 Å². The third kappa shape index (κ3) is 5.82. The topological polar surface area (TPSA) is 60.2 Å². The lowest BCUT2D eigenvalue weighted by atomic mass is 9.85. The van der Waals surface area contributed by atoms with E-state index in [9.17, 15) is 0 Å². The van der Waals surface area contributed by atoms with Crippen molar-refractivity contribution in [3.63, 3.8) is 0 Å². The number of anilines is 2. The predicted octanol–water partition coefficient (Wildman–Crippen LogP) is 4.18. The summed E-state index contributed by atoms with van der Waals surface area (Å²) in [7, 11) is 0. The van der Waals surface area contributed by atoms with E-state index in [4.69, 9.17) is 10.5 Å². The number of nitrogens with one attached hydrogen (secondary N) is 1. The number of nitrogen functional groups attached to an aromatic ring is 1. The van der Waals surface area contributed by atoms with Crippen LogP contribution in [0.4, 0.5) is 11.5 Å². The number of ether oxygens (including phenoxy) is 1. The van der Waals surface area contributed by atoms with Crippen molar-refractivity contribution in [1.29, 1.82) is 0 Å². The maximum atomic E-state index is 5.93. The minimum absolute atomic E-state index is 0.307. The molecule has 4 heteroatoms. The molecule has 0 radical (unpaired) electrons. The summed E-state index contributed by atoms with van der Waals surface area (Å²) >= 11 is 0. The Hall–Kier alpha value is -1.45. The predicted molar refractivity (Wildman–Crippen MR) is 90.7 cm³/mol. The molecule has 0 aliphatic carbocycles. The van der Waals surface area contributed by atoms with Crippen LogP contribution in [0, 0.1) is 17.8 Å². The van der Waals surface area contributed by atoms with Gasteiger partial charge >= 0.3 is 0 Å². The molecule has 0 aliphatic rings. The quantitative estimate of drug-likeness (QED) is 0.826. The smallest absolute Gasteiger partial charge is 0.239 e. The largest absolute Gasteiger partial charge is 0.470 e.